The van der Waals surface area contributed by atoms with Crippen molar-refractivity contribution in [3.8, 4) is 0 Å². The number of hydrogen-bond donors (Lipinski definition) is 1. The number of halogens is 2. The molecule has 0 saturated carbocycles. The molecule has 1 N–H and O–H groups in total. The van der Waals surface area contributed by atoms with Crippen LogP contribution in [-0.4, -0.2) is 36.0 Å². The summed E-state index contributed by atoms with van der Waals surface area (Å²) in [7, 11) is 0. The zero-order valence-corrected chi connectivity index (χ0v) is 11.9. The first kappa shape index (κ1) is 14.4. The minimum Gasteiger partial charge on any atom is -0.341 e. The Morgan fingerprint density at radius 3 is 2.90 bits per heavy atom. The molecule has 2 unspecified atom stereocenters. The van der Waals surface area contributed by atoms with Crippen molar-refractivity contribution >= 4 is 5.91 Å². The molecule has 5 heteroatoms. The molecule has 2 heterocycles. The fourth-order valence-corrected chi connectivity index (χ4v) is 3.30. The van der Waals surface area contributed by atoms with Crippen LogP contribution in [0.3, 0.4) is 0 Å². The van der Waals surface area contributed by atoms with Crippen LogP contribution in [0.25, 0.3) is 0 Å². The highest BCUT2D eigenvalue weighted by Crippen LogP contribution is 2.21. The molecule has 0 spiro atoms. The van der Waals surface area contributed by atoms with Crippen LogP contribution in [0, 0.1) is 11.6 Å². The first-order chi connectivity index (χ1) is 10.1. The molecule has 2 aliphatic rings. The van der Waals surface area contributed by atoms with Gasteiger partial charge in [-0.3, -0.25) is 4.79 Å². The van der Waals surface area contributed by atoms with Crippen molar-refractivity contribution in [1.82, 2.24) is 10.2 Å². The van der Waals surface area contributed by atoms with Crippen molar-refractivity contribution in [2.75, 3.05) is 13.1 Å². The number of carbonyl (C=O) groups excluding carboxylic acids is 1. The van der Waals surface area contributed by atoms with Gasteiger partial charge in [-0.05, 0) is 49.4 Å². The van der Waals surface area contributed by atoms with Gasteiger partial charge in [-0.15, -0.1) is 0 Å². The number of nitrogens with one attached hydrogen (secondary N) is 1. The van der Waals surface area contributed by atoms with Gasteiger partial charge in [0, 0.05) is 31.6 Å². The molecule has 3 nitrogen and oxygen atoms in total. The van der Waals surface area contributed by atoms with E-state index in [0.717, 1.165) is 38.1 Å². The maximum Gasteiger partial charge on any atom is 0.222 e. The fourth-order valence-electron chi connectivity index (χ4n) is 3.30. The van der Waals surface area contributed by atoms with Crippen molar-refractivity contribution in [1.29, 1.82) is 0 Å². The van der Waals surface area contributed by atoms with Gasteiger partial charge in [-0.2, -0.15) is 0 Å². The standard InChI is InChI=1S/C16H20F2N2O/c17-12-2-5-15(18)11(9-12)1-6-16(21)20-8-7-13-3-4-14(10-20)19-13/h2,5,9,13-14,19H,1,3-4,6-8,10H2. The number of benzene rings is 1. The third kappa shape index (κ3) is 3.40. The Morgan fingerprint density at radius 1 is 1.24 bits per heavy atom. The van der Waals surface area contributed by atoms with E-state index >= 15 is 0 Å². The van der Waals surface area contributed by atoms with Gasteiger partial charge in [0.25, 0.3) is 0 Å². The van der Waals surface area contributed by atoms with Crippen LogP contribution in [0.2, 0.25) is 0 Å². The summed E-state index contributed by atoms with van der Waals surface area (Å²) in [6.45, 7) is 1.50. The SMILES string of the molecule is O=C(CCc1cc(F)ccc1F)N1CCC2CCC(C1)N2. The Bertz CT molecular complexity index is 535. The van der Waals surface area contributed by atoms with E-state index in [4.69, 9.17) is 0 Å². The van der Waals surface area contributed by atoms with Crippen LogP contribution in [0.5, 0.6) is 0 Å². The maximum atomic E-state index is 13.5. The van der Waals surface area contributed by atoms with Crippen molar-refractivity contribution in [3.05, 3.63) is 35.4 Å². The average Bonchev–Trinajstić information content (AvgIpc) is 2.79. The Balaban J connectivity index is 1.57. The van der Waals surface area contributed by atoms with E-state index in [2.05, 4.69) is 5.32 Å². The van der Waals surface area contributed by atoms with E-state index in [9.17, 15) is 13.6 Å². The van der Waals surface area contributed by atoms with Crippen molar-refractivity contribution in [2.24, 2.45) is 0 Å². The summed E-state index contributed by atoms with van der Waals surface area (Å²) >= 11 is 0. The van der Waals surface area contributed by atoms with E-state index < -0.39 is 11.6 Å². The van der Waals surface area contributed by atoms with Gasteiger partial charge in [-0.1, -0.05) is 0 Å². The zero-order valence-electron chi connectivity index (χ0n) is 11.9. The molecule has 1 aromatic carbocycles. The van der Waals surface area contributed by atoms with Gasteiger partial charge in [0.15, 0.2) is 0 Å². The summed E-state index contributed by atoms with van der Waals surface area (Å²) in [4.78, 5) is 14.1. The van der Waals surface area contributed by atoms with Gasteiger partial charge < -0.3 is 10.2 Å². The fraction of sp³-hybridized carbons (Fsp3) is 0.562. The molecule has 0 radical (unpaired) electrons. The summed E-state index contributed by atoms with van der Waals surface area (Å²) in [5.41, 5.74) is 0.276. The number of likely N-dealkylation sites (tertiary alicyclic amines) is 1. The first-order valence-electron chi connectivity index (χ1n) is 7.59. The first-order valence-corrected chi connectivity index (χ1v) is 7.59. The summed E-state index contributed by atoms with van der Waals surface area (Å²) in [6, 6.07) is 4.32. The molecular weight excluding hydrogens is 274 g/mol. The molecule has 2 saturated heterocycles. The van der Waals surface area contributed by atoms with Crippen LogP contribution in [0.4, 0.5) is 8.78 Å². The number of nitrogens with zero attached hydrogens (tertiary/aromatic N) is 1. The number of aryl methyl sites for hydroxylation is 1. The molecule has 2 atom stereocenters. The van der Waals surface area contributed by atoms with Crippen molar-refractivity contribution < 1.29 is 13.6 Å². The summed E-state index contributed by atoms with van der Waals surface area (Å²) in [5, 5.41) is 3.52. The Morgan fingerprint density at radius 2 is 2.05 bits per heavy atom. The number of amides is 1. The molecule has 3 rings (SSSR count). The predicted molar refractivity (Wildman–Crippen MR) is 75.8 cm³/mol. The van der Waals surface area contributed by atoms with Gasteiger partial charge in [0.2, 0.25) is 5.91 Å². The molecule has 2 fully saturated rings. The number of rotatable bonds is 3. The van der Waals surface area contributed by atoms with E-state index in [0.29, 0.717) is 12.1 Å². The minimum atomic E-state index is -0.463. The highest BCUT2D eigenvalue weighted by molar-refractivity contribution is 5.76. The summed E-state index contributed by atoms with van der Waals surface area (Å²) in [6.07, 6.45) is 3.78. The van der Waals surface area contributed by atoms with Crippen molar-refractivity contribution in [3.63, 3.8) is 0 Å². The molecule has 21 heavy (non-hydrogen) atoms. The highest BCUT2D eigenvalue weighted by atomic mass is 19.1. The lowest BCUT2D eigenvalue weighted by atomic mass is 10.1. The third-order valence-electron chi connectivity index (χ3n) is 4.49. The van der Waals surface area contributed by atoms with E-state index in [-0.39, 0.29) is 24.3 Å². The maximum absolute atomic E-state index is 13.5. The molecule has 1 amide bonds. The lowest BCUT2D eigenvalue weighted by Crippen LogP contribution is -2.39. The van der Waals surface area contributed by atoms with Gasteiger partial charge >= 0.3 is 0 Å². The zero-order chi connectivity index (χ0) is 14.8. The normalized spacial score (nSPS) is 25.0. The largest absolute Gasteiger partial charge is 0.341 e. The molecular formula is C16H20F2N2O. The Labute approximate surface area is 123 Å². The third-order valence-corrected chi connectivity index (χ3v) is 4.49. The molecule has 114 valence electrons. The molecule has 0 aliphatic carbocycles. The smallest absolute Gasteiger partial charge is 0.222 e. The van der Waals surface area contributed by atoms with Crippen LogP contribution in [0.1, 0.15) is 31.2 Å². The monoisotopic (exact) mass is 294 g/mol. The Hall–Kier alpha value is -1.49. The number of fused-ring (bicyclic) bond motifs is 2. The van der Waals surface area contributed by atoms with E-state index in [1.807, 2.05) is 4.90 Å². The molecule has 0 aromatic heterocycles. The lowest BCUT2D eigenvalue weighted by Gasteiger charge is -2.24. The number of carbonyl (C=O) groups is 1. The second-order valence-corrected chi connectivity index (χ2v) is 6.00. The van der Waals surface area contributed by atoms with E-state index in [1.54, 1.807) is 0 Å². The van der Waals surface area contributed by atoms with Gasteiger partial charge in [-0.25, -0.2) is 8.78 Å². The minimum absolute atomic E-state index is 0.0352. The quantitative estimate of drug-likeness (QED) is 0.927. The number of hydrogen-bond acceptors (Lipinski definition) is 2. The predicted octanol–water partition coefficient (Wildman–Crippen LogP) is 2.25. The molecule has 2 aliphatic heterocycles. The van der Waals surface area contributed by atoms with Crippen LogP contribution >= 0.6 is 0 Å². The molecule has 2 bridgehead atoms. The second-order valence-electron chi connectivity index (χ2n) is 6.00. The average molecular weight is 294 g/mol. The summed E-state index contributed by atoms with van der Waals surface area (Å²) in [5.74, 6) is -0.871. The second kappa shape index (κ2) is 6.10. The van der Waals surface area contributed by atoms with Crippen LogP contribution in [0.15, 0.2) is 18.2 Å². The van der Waals surface area contributed by atoms with Gasteiger partial charge in [0.05, 0.1) is 0 Å². The molecule has 1 aromatic rings. The van der Waals surface area contributed by atoms with Crippen LogP contribution in [-0.2, 0) is 11.2 Å². The summed E-state index contributed by atoms with van der Waals surface area (Å²) < 4.78 is 26.7. The lowest BCUT2D eigenvalue weighted by molar-refractivity contribution is -0.131. The van der Waals surface area contributed by atoms with Crippen LogP contribution < -0.4 is 5.32 Å². The topological polar surface area (TPSA) is 32.3 Å². The highest BCUT2D eigenvalue weighted by Gasteiger charge is 2.30. The van der Waals surface area contributed by atoms with E-state index in [1.165, 1.54) is 12.5 Å². The Kier molecular flexibility index (Phi) is 4.19. The van der Waals surface area contributed by atoms with Gasteiger partial charge in [0.1, 0.15) is 11.6 Å². The van der Waals surface area contributed by atoms with Crippen molar-refractivity contribution in [2.45, 2.75) is 44.2 Å².